The Kier molecular flexibility index (Phi) is 6.97. The second-order valence-corrected chi connectivity index (χ2v) is 8.90. The van der Waals surface area contributed by atoms with E-state index in [2.05, 4.69) is 25.8 Å². The topological polar surface area (TPSA) is 100 Å². The van der Waals surface area contributed by atoms with Gasteiger partial charge in [-0.25, -0.2) is 9.78 Å². The summed E-state index contributed by atoms with van der Waals surface area (Å²) >= 11 is 0. The van der Waals surface area contributed by atoms with Gasteiger partial charge in [0.1, 0.15) is 23.3 Å². The van der Waals surface area contributed by atoms with Crippen LogP contribution in [0.3, 0.4) is 0 Å². The van der Waals surface area contributed by atoms with Crippen molar-refractivity contribution >= 4 is 23.5 Å². The summed E-state index contributed by atoms with van der Waals surface area (Å²) in [6.07, 6.45) is 9.33. The molecule has 1 saturated heterocycles. The molecule has 174 valence electrons. The maximum absolute atomic E-state index is 12.8. The summed E-state index contributed by atoms with van der Waals surface area (Å²) < 4.78 is 7.45. The molecule has 1 aliphatic heterocycles. The van der Waals surface area contributed by atoms with Crippen molar-refractivity contribution in [3.63, 3.8) is 0 Å². The number of nitrogens with zero attached hydrogens (tertiary/aromatic N) is 4. The Labute approximate surface area is 194 Å². The van der Waals surface area contributed by atoms with Gasteiger partial charge in [-0.1, -0.05) is 19.3 Å². The van der Waals surface area contributed by atoms with Crippen LogP contribution in [0.1, 0.15) is 78.2 Å². The molecular formula is C25H31N5O3. The summed E-state index contributed by atoms with van der Waals surface area (Å²) in [6.45, 7) is 5.18. The Morgan fingerprint density at radius 3 is 2.61 bits per heavy atom. The highest BCUT2D eigenvalue weighted by Gasteiger charge is 2.27. The van der Waals surface area contributed by atoms with E-state index in [4.69, 9.17) is 4.74 Å². The van der Waals surface area contributed by atoms with Crippen molar-refractivity contribution in [2.24, 2.45) is 0 Å². The molecule has 1 saturated carbocycles. The van der Waals surface area contributed by atoms with Gasteiger partial charge in [0.2, 0.25) is 0 Å². The number of pyridine rings is 1. The highest BCUT2D eigenvalue weighted by Crippen LogP contribution is 2.36. The third-order valence-corrected chi connectivity index (χ3v) is 6.81. The maximum Gasteiger partial charge on any atom is 0.342 e. The molecule has 1 amide bonds. The Morgan fingerprint density at radius 1 is 1.18 bits per heavy atom. The van der Waals surface area contributed by atoms with Crippen molar-refractivity contribution in [2.45, 2.75) is 64.8 Å². The van der Waals surface area contributed by atoms with Crippen LogP contribution in [0.2, 0.25) is 0 Å². The highest BCUT2D eigenvalue weighted by atomic mass is 16.5. The zero-order chi connectivity index (χ0) is 23.4. The lowest BCUT2D eigenvalue weighted by atomic mass is 9.95. The van der Waals surface area contributed by atoms with Gasteiger partial charge in [0.25, 0.3) is 5.91 Å². The van der Waals surface area contributed by atoms with Crippen LogP contribution >= 0.6 is 0 Å². The van der Waals surface area contributed by atoms with Crippen LogP contribution in [0, 0.1) is 25.2 Å². The van der Waals surface area contributed by atoms with Crippen molar-refractivity contribution in [3.8, 4) is 6.07 Å². The number of ether oxygens (including phenoxy) is 1. The van der Waals surface area contributed by atoms with Crippen LogP contribution in [-0.4, -0.2) is 41.1 Å². The van der Waals surface area contributed by atoms with Crippen LogP contribution in [0.4, 0.5) is 11.6 Å². The van der Waals surface area contributed by atoms with Crippen LogP contribution in [0.25, 0.3) is 0 Å². The van der Waals surface area contributed by atoms with E-state index in [9.17, 15) is 14.9 Å². The zero-order valence-electron chi connectivity index (χ0n) is 19.4. The second-order valence-electron chi connectivity index (χ2n) is 8.90. The van der Waals surface area contributed by atoms with Gasteiger partial charge in [-0.15, -0.1) is 0 Å². The summed E-state index contributed by atoms with van der Waals surface area (Å²) in [6, 6.07) is 5.87. The molecule has 0 unspecified atom stereocenters. The van der Waals surface area contributed by atoms with E-state index < -0.39 is 18.5 Å². The largest absolute Gasteiger partial charge is 0.452 e. The van der Waals surface area contributed by atoms with Gasteiger partial charge in [0.05, 0.1) is 5.56 Å². The van der Waals surface area contributed by atoms with Crippen LogP contribution in [0.5, 0.6) is 0 Å². The van der Waals surface area contributed by atoms with Crippen LogP contribution in [0.15, 0.2) is 18.3 Å². The van der Waals surface area contributed by atoms with Gasteiger partial charge in [-0.3, -0.25) is 4.79 Å². The molecule has 8 heteroatoms. The lowest BCUT2D eigenvalue weighted by Gasteiger charge is -2.27. The fraction of sp³-hybridized carbons (Fsp3) is 0.520. The third-order valence-electron chi connectivity index (χ3n) is 6.81. The molecule has 0 bridgehead atoms. The van der Waals surface area contributed by atoms with Crippen molar-refractivity contribution in [2.75, 3.05) is 29.9 Å². The van der Waals surface area contributed by atoms with Crippen molar-refractivity contribution in [1.29, 1.82) is 5.26 Å². The molecule has 1 aliphatic carbocycles. The van der Waals surface area contributed by atoms with E-state index in [0.29, 0.717) is 22.8 Å². The fourth-order valence-corrected chi connectivity index (χ4v) is 5.00. The average Bonchev–Trinajstić information content (AvgIpc) is 3.45. The average molecular weight is 450 g/mol. The van der Waals surface area contributed by atoms with E-state index in [0.717, 1.165) is 62.9 Å². The molecule has 0 aromatic carbocycles. The minimum absolute atomic E-state index is 0.260. The standard InChI is InChI=1S/C25H31N5O3/c1-17-18(2)30(19-9-4-3-5-10-19)24(21(17)15-26)28-22(31)16-33-25(32)20-11-8-12-27-23(20)29-13-6-7-14-29/h8,11-12,19H,3-7,9-10,13-14,16H2,1-2H3,(H,28,31). The first-order chi connectivity index (χ1) is 16.0. The number of hydrogen-bond acceptors (Lipinski definition) is 6. The smallest absolute Gasteiger partial charge is 0.342 e. The molecule has 0 radical (unpaired) electrons. The lowest BCUT2D eigenvalue weighted by Crippen LogP contribution is -2.26. The van der Waals surface area contributed by atoms with Gasteiger partial charge in [0.15, 0.2) is 6.61 Å². The Hall–Kier alpha value is -3.34. The van der Waals surface area contributed by atoms with Gasteiger partial charge >= 0.3 is 5.97 Å². The fourth-order valence-electron chi connectivity index (χ4n) is 5.00. The molecule has 2 aliphatic rings. The molecule has 8 nitrogen and oxygen atoms in total. The maximum atomic E-state index is 12.8. The summed E-state index contributed by atoms with van der Waals surface area (Å²) in [5, 5.41) is 12.6. The number of nitrogens with one attached hydrogen (secondary N) is 1. The molecular weight excluding hydrogens is 418 g/mol. The number of hydrogen-bond donors (Lipinski definition) is 1. The summed E-state index contributed by atoms with van der Waals surface area (Å²) in [7, 11) is 0. The monoisotopic (exact) mass is 449 g/mol. The van der Waals surface area contributed by atoms with E-state index in [1.54, 1.807) is 18.3 Å². The number of esters is 1. The van der Waals surface area contributed by atoms with Gasteiger partial charge in [0, 0.05) is 31.0 Å². The summed E-state index contributed by atoms with van der Waals surface area (Å²) in [4.78, 5) is 32.0. The van der Waals surface area contributed by atoms with E-state index in [-0.39, 0.29) is 6.04 Å². The Morgan fingerprint density at radius 2 is 1.91 bits per heavy atom. The molecule has 1 N–H and O–H groups in total. The number of carbonyl (C=O) groups excluding carboxylic acids is 2. The van der Waals surface area contributed by atoms with Gasteiger partial charge in [-0.05, 0) is 57.2 Å². The number of anilines is 2. The molecule has 2 aromatic heterocycles. The van der Waals surface area contributed by atoms with Crippen LogP contribution in [-0.2, 0) is 9.53 Å². The first-order valence-electron chi connectivity index (χ1n) is 11.8. The quantitative estimate of drug-likeness (QED) is 0.661. The minimum Gasteiger partial charge on any atom is -0.452 e. The normalized spacial score (nSPS) is 16.5. The molecule has 3 heterocycles. The predicted molar refractivity (Wildman–Crippen MR) is 125 cm³/mol. The molecule has 0 atom stereocenters. The van der Waals surface area contributed by atoms with E-state index >= 15 is 0 Å². The zero-order valence-corrected chi connectivity index (χ0v) is 19.4. The summed E-state index contributed by atoms with van der Waals surface area (Å²) in [5.41, 5.74) is 2.71. The number of amides is 1. The molecule has 2 fully saturated rings. The first kappa shape index (κ1) is 22.8. The second kappa shape index (κ2) is 10.1. The van der Waals surface area contributed by atoms with E-state index in [1.165, 1.54) is 6.42 Å². The Balaban J connectivity index is 1.47. The minimum atomic E-state index is -0.573. The Bertz CT molecular complexity index is 1070. The molecule has 4 rings (SSSR count). The molecule has 0 spiro atoms. The number of carbonyl (C=O) groups is 2. The van der Waals surface area contributed by atoms with E-state index in [1.807, 2.05) is 13.8 Å². The third kappa shape index (κ3) is 4.72. The molecule has 2 aromatic rings. The number of rotatable bonds is 6. The van der Waals surface area contributed by atoms with Gasteiger partial charge in [-0.2, -0.15) is 5.26 Å². The van der Waals surface area contributed by atoms with Crippen LogP contribution < -0.4 is 10.2 Å². The number of nitriles is 1. The van der Waals surface area contributed by atoms with Crippen molar-refractivity contribution < 1.29 is 14.3 Å². The summed E-state index contributed by atoms with van der Waals surface area (Å²) in [5.74, 6) is 0.0842. The molecule has 33 heavy (non-hydrogen) atoms. The van der Waals surface area contributed by atoms with Crippen molar-refractivity contribution in [3.05, 3.63) is 40.7 Å². The van der Waals surface area contributed by atoms with Gasteiger partial charge < -0.3 is 19.5 Å². The SMILES string of the molecule is Cc1c(C#N)c(NC(=O)COC(=O)c2cccnc2N2CCCC2)n(C2CCCCC2)c1C. The predicted octanol–water partition coefficient (Wildman–Crippen LogP) is 4.27. The highest BCUT2D eigenvalue weighted by molar-refractivity contribution is 5.98. The van der Waals surface area contributed by atoms with Crippen molar-refractivity contribution in [1.82, 2.24) is 9.55 Å². The number of aromatic nitrogens is 2. The lowest BCUT2D eigenvalue weighted by molar-refractivity contribution is -0.119. The first-order valence-corrected chi connectivity index (χ1v) is 11.8.